The predicted molar refractivity (Wildman–Crippen MR) is 69.3 cm³/mol. The van der Waals surface area contributed by atoms with E-state index in [1.165, 1.54) is 45.2 Å². The lowest BCUT2D eigenvalue weighted by molar-refractivity contribution is 0.0682. The molecule has 1 heterocycles. The summed E-state index contributed by atoms with van der Waals surface area (Å²) in [6, 6.07) is 0.830. The van der Waals surface area contributed by atoms with Gasteiger partial charge < -0.3 is 10.6 Å². The second-order valence-electron chi connectivity index (χ2n) is 6.11. The highest BCUT2D eigenvalue weighted by molar-refractivity contribution is 4.90. The Morgan fingerprint density at radius 2 is 1.94 bits per heavy atom. The van der Waals surface area contributed by atoms with Crippen LogP contribution in [0.4, 0.5) is 0 Å². The lowest BCUT2D eigenvalue weighted by atomic mass is 9.78. The maximum absolute atomic E-state index is 5.82. The zero-order chi connectivity index (χ0) is 11.5. The summed E-state index contributed by atoms with van der Waals surface area (Å²) < 4.78 is 0. The molecule has 94 valence electrons. The Bertz CT molecular complexity index is 213. The van der Waals surface area contributed by atoms with Crippen molar-refractivity contribution in [2.24, 2.45) is 23.5 Å². The van der Waals surface area contributed by atoms with Crippen molar-refractivity contribution in [3.63, 3.8) is 0 Å². The van der Waals surface area contributed by atoms with E-state index in [9.17, 15) is 0 Å². The zero-order valence-corrected chi connectivity index (χ0v) is 11.0. The van der Waals surface area contributed by atoms with Crippen LogP contribution in [0.1, 0.15) is 46.0 Å². The van der Waals surface area contributed by atoms with Crippen molar-refractivity contribution < 1.29 is 0 Å². The fraction of sp³-hybridized carbons (Fsp3) is 1.00. The topological polar surface area (TPSA) is 29.3 Å². The lowest BCUT2D eigenvalue weighted by Gasteiger charge is -2.43. The van der Waals surface area contributed by atoms with E-state index >= 15 is 0 Å². The summed E-state index contributed by atoms with van der Waals surface area (Å²) in [7, 11) is 0. The van der Waals surface area contributed by atoms with Crippen molar-refractivity contribution in [3.05, 3.63) is 0 Å². The van der Waals surface area contributed by atoms with Crippen molar-refractivity contribution in [1.82, 2.24) is 4.90 Å². The van der Waals surface area contributed by atoms with Gasteiger partial charge in [0.1, 0.15) is 0 Å². The number of hydrogen-bond donors (Lipinski definition) is 1. The second kappa shape index (κ2) is 5.50. The largest absolute Gasteiger partial charge is 0.330 e. The van der Waals surface area contributed by atoms with Crippen molar-refractivity contribution in [3.8, 4) is 0 Å². The average Bonchev–Trinajstić information content (AvgIpc) is 2.43. The van der Waals surface area contributed by atoms with E-state index in [1.54, 1.807) is 0 Å². The molecule has 3 atom stereocenters. The van der Waals surface area contributed by atoms with Crippen LogP contribution < -0.4 is 5.73 Å². The second-order valence-corrected chi connectivity index (χ2v) is 6.11. The van der Waals surface area contributed by atoms with Crippen LogP contribution in [0.25, 0.3) is 0 Å². The summed E-state index contributed by atoms with van der Waals surface area (Å²) in [5, 5.41) is 0. The Labute approximate surface area is 101 Å². The van der Waals surface area contributed by atoms with E-state index in [0.717, 1.165) is 30.3 Å². The first-order chi connectivity index (χ1) is 7.72. The van der Waals surface area contributed by atoms with Crippen molar-refractivity contribution in [2.75, 3.05) is 19.6 Å². The molecule has 0 aromatic carbocycles. The Morgan fingerprint density at radius 1 is 1.12 bits per heavy atom. The van der Waals surface area contributed by atoms with Gasteiger partial charge in [0.05, 0.1) is 0 Å². The molecule has 1 aliphatic carbocycles. The fourth-order valence-electron chi connectivity index (χ4n) is 3.45. The van der Waals surface area contributed by atoms with Crippen LogP contribution in [0.15, 0.2) is 0 Å². The van der Waals surface area contributed by atoms with Crippen LogP contribution in [0.3, 0.4) is 0 Å². The van der Waals surface area contributed by atoms with E-state index in [-0.39, 0.29) is 0 Å². The van der Waals surface area contributed by atoms with Gasteiger partial charge in [-0.15, -0.1) is 0 Å². The summed E-state index contributed by atoms with van der Waals surface area (Å²) in [6.45, 7) is 8.31. The Morgan fingerprint density at radius 3 is 2.50 bits per heavy atom. The quantitative estimate of drug-likeness (QED) is 0.798. The highest BCUT2D eigenvalue weighted by Crippen LogP contribution is 2.34. The summed E-state index contributed by atoms with van der Waals surface area (Å²) in [5.74, 6) is 2.63. The molecule has 0 aromatic heterocycles. The highest BCUT2D eigenvalue weighted by Gasteiger charge is 2.35. The average molecular weight is 224 g/mol. The number of nitrogens with zero attached hydrogens (tertiary/aromatic N) is 1. The van der Waals surface area contributed by atoms with Gasteiger partial charge in [-0.3, -0.25) is 0 Å². The van der Waals surface area contributed by atoms with Crippen molar-refractivity contribution in [1.29, 1.82) is 0 Å². The third kappa shape index (κ3) is 2.60. The first-order valence-corrected chi connectivity index (χ1v) is 7.16. The minimum Gasteiger partial charge on any atom is -0.330 e. The summed E-state index contributed by atoms with van der Waals surface area (Å²) in [5.41, 5.74) is 5.82. The van der Waals surface area contributed by atoms with Gasteiger partial charge in [0, 0.05) is 6.04 Å². The maximum Gasteiger partial charge on any atom is 0.0136 e. The summed E-state index contributed by atoms with van der Waals surface area (Å²) in [4.78, 5) is 2.74. The minimum atomic E-state index is 0.801. The van der Waals surface area contributed by atoms with E-state index in [1.807, 2.05) is 0 Å². The van der Waals surface area contributed by atoms with Gasteiger partial charge in [0.2, 0.25) is 0 Å². The van der Waals surface area contributed by atoms with Crippen molar-refractivity contribution >= 4 is 0 Å². The molecule has 0 radical (unpaired) electrons. The fourth-order valence-corrected chi connectivity index (χ4v) is 3.45. The lowest BCUT2D eigenvalue weighted by Crippen LogP contribution is -2.50. The molecule has 1 aliphatic heterocycles. The Hall–Kier alpha value is -0.0800. The predicted octanol–water partition coefficient (Wildman–Crippen LogP) is 2.48. The first-order valence-electron chi connectivity index (χ1n) is 7.16. The molecular weight excluding hydrogens is 196 g/mol. The molecule has 2 aliphatic rings. The highest BCUT2D eigenvalue weighted by atomic mass is 15.2. The van der Waals surface area contributed by atoms with Gasteiger partial charge in [-0.1, -0.05) is 13.8 Å². The Balaban J connectivity index is 1.84. The Kier molecular flexibility index (Phi) is 4.26. The van der Waals surface area contributed by atoms with E-state index in [2.05, 4.69) is 18.7 Å². The molecule has 3 unspecified atom stereocenters. The normalized spacial score (nSPS) is 37.1. The maximum atomic E-state index is 5.82. The van der Waals surface area contributed by atoms with Crippen LogP contribution in [-0.2, 0) is 0 Å². The smallest absolute Gasteiger partial charge is 0.0136 e. The van der Waals surface area contributed by atoms with Gasteiger partial charge in [0.15, 0.2) is 0 Å². The molecule has 0 bridgehead atoms. The van der Waals surface area contributed by atoms with Crippen molar-refractivity contribution in [2.45, 2.75) is 52.0 Å². The zero-order valence-electron chi connectivity index (χ0n) is 11.0. The molecule has 2 heteroatoms. The third-order valence-electron chi connectivity index (χ3n) is 4.90. The molecule has 2 fully saturated rings. The van der Waals surface area contributed by atoms with Gasteiger partial charge >= 0.3 is 0 Å². The summed E-state index contributed by atoms with van der Waals surface area (Å²) in [6.07, 6.45) is 7.01. The molecule has 0 amide bonds. The van der Waals surface area contributed by atoms with Gasteiger partial charge in [-0.2, -0.15) is 0 Å². The number of nitrogens with two attached hydrogens (primary N) is 1. The molecule has 16 heavy (non-hydrogen) atoms. The number of rotatable bonds is 3. The monoisotopic (exact) mass is 224 g/mol. The summed E-state index contributed by atoms with van der Waals surface area (Å²) >= 11 is 0. The molecule has 1 saturated heterocycles. The number of hydrogen-bond acceptors (Lipinski definition) is 2. The molecule has 2 rings (SSSR count). The first kappa shape index (κ1) is 12.4. The molecule has 0 aromatic rings. The van der Waals surface area contributed by atoms with Crippen LogP contribution in [0, 0.1) is 17.8 Å². The molecule has 2 N–H and O–H groups in total. The number of likely N-dealkylation sites (tertiary alicyclic amines) is 1. The van der Waals surface area contributed by atoms with Gasteiger partial charge in [-0.25, -0.2) is 0 Å². The molecule has 0 spiro atoms. The standard InChI is InChI=1S/C14H28N2/c1-11(2)12-4-3-8-16(9-7-12)14-6-5-13(14)10-15/h11-14H,3-10,15H2,1-2H3. The SMILES string of the molecule is CC(C)C1CCCN(C2CCC2CN)CC1. The van der Waals surface area contributed by atoms with E-state index in [4.69, 9.17) is 5.73 Å². The van der Waals surface area contributed by atoms with Crippen LogP contribution >= 0.6 is 0 Å². The molecule has 1 saturated carbocycles. The molecule has 2 nitrogen and oxygen atoms in total. The van der Waals surface area contributed by atoms with Crippen LogP contribution in [-0.4, -0.2) is 30.6 Å². The third-order valence-corrected chi connectivity index (χ3v) is 4.90. The van der Waals surface area contributed by atoms with Crippen LogP contribution in [0.5, 0.6) is 0 Å². The van der Waals surface area contributed by atoms with Crippen LogP contribution in [0.2, 0.25) is 0 Å². The minimum absolute atomic E-state index is 0.801. The van der Waals surface area contributed by atoms with Gasteiger partial charge in [-0.05, 0) is 69.5 Å². The van der Waals surface area contributed by atoms with E-state index < -0.39 is 0 Å². The molecular formula is C14H28N2. The van der Waals surface area contributed by atoms with Gasteiger partial charge in [0.25, 0.3) is 0 Å². The van der Waals surface area contributed by atoms with E-state index in [0.29, 0.717) is 0 Å².